The van der Waals surface area contributed by atoms with Crippen molar-refractivity contribution in [1.82, 2.24) is 0 Å². The molecule has 0 bridgehead atoms. The van der Waals surface area contributed by atoms with Crippen LogP contribution in [0.4, 0.5) is 0 Å². The Morgan fingerprint density at radius 1 is 1.43 bits per heavy atom. The van der Waals surface area contributed by atoms with Crippen LogP contribution in [0.2, 0.25) is 0 Å². The number of hydrogen-bond acceptors (Lipinski definition) is 1. The topological polar surface area (TPSA) is 20.2 Å². The van der Waals surface area contributed by atoms with Crippen LogP contribution in [0.1, 0.15) is 13.3 Å². The fourth-order valence-corrected chi connectivity index (χ4v) is 0.264. The predicted octanol–water partition coefficient (Wildman–Crippen LogP) is 2.02. The molecule has 0 spiro atoms. The Hall–Kier alpha value is -0.720. The average molecular weight is 98.1 g/mol. The van der Waals surface area contributed by atoms with Crippen molar-refractivity contribution in [2.75, 3.05) is 0 Å². The van der Waals surface area contributed by atoms with Crippen molar-refractivity contribution in [1.29, 1.82) is 0 Å². The maximum Gasteiger partial charge on any atom is 0.0791 e. The number of hydrogen-bond donors (Lipinski definition) is 1. The summed E-state index contributed by atoms with van der Waals surface area (Å²) < 4.78 is 0. The van der Waals surface area contributed by atoms with Crippen molar-refractivity contribution in [3.05, 3.63) is 24.5 Å². The first kappa shape index (κ1) is 6.28. The highest BCUT2D eigenvalue weighted by Crippen LogP contribution is 1.78. The first-order chi connectivity index (χ1) is 3.41. The van der Waals surface area contributed by atoms with E-state index in [-0.39, 0.29) is 0 Å². The fraction of sp³-hybridized carbons (Fsp3) is 0.333. The van der Waals surface area contributed by atoms with Gasteiger partial charge in [0, 0.05) is 0 Å². The summed E-state index contributed by atoms with van der Waals surface area (Å²) >= 11 is 0. The largest absolute Gasteiger partial charge is 0.516 e. The zero-order valence-corrected chi connectivity index (χ0v) is 4.46. The summed E-state index contributed by atoms with van der Waals surface area (Å²) in [6.45, 7) is 2.04. The zero-order chi connectivity index (χ0) is 5.54. The highest BCUT2D eigenvalue weighted by Gasteiger charge is 1.58. The number of rotatable bonds is 2. The molecular weight excluding hydrogens is 88.1 g/mol. The minimum atomic E-state index is 1.02. The lowest BCUT2D eigenvalue weighted by Gasteiger charge is -1.70. The molecule has 0 aromatic carbocycles. The summed E-state index contributed by atoms with van der Waals surface area (Å²) in [5, 5.41) is 8.06. The fourth-order valence-electron chi connectivity index (χ4n) is 0.264. The van der Waals surface area contributed by atoms with Crippen molar-refractivity contribution < 1.29 is 5.11 Å². The Kier molecular flexibility index (Phi) is 4.74. The molecule has 0 atom stereocenters. The van der Waals surface area contributed by atoms with Crippen LogP contribution in [0.3, 0.4) is 0 Å². The summed E-state index contributed by atoms with van der Waals surface area (Å²) in [6, 6.07) is 0. The molecule has 0 aliphatic rings. The molecule has 1 nitrogen and oxygen atoms in total. The summed E-state index contributed by atoms with van der Waals surface area (Å²) in [7, 11) is 0. The third kappa shape index (κ3) is 5.28. The summed E-state index contributed by atoms with van der Waals surface area (Å²) in [6.07, 6.45) is 7.40. The second kappa shape index (κ2) is 5.28. The lowest BCUT2D eigenvalue weighted by molar-refractivity contribution is 0.473. The standard InChI is InChI=1S/C6H10O/c1-2-3-4-5-6-7/h3-7H,2H2,1H3/b4-3+,6-5-. The lowest BCUT2D eigenvalue weighted by atomic mass is 10.4. The van der Waals surface area contributed by atoms with E-state index >= 15 is 0 Å². The van der Waals surface area contributed by atoms with E-state index < -0.39 is 0 Å². The highest BCUT2D eigenvalue weighted by molar-refractivity contribution is 4.98. The third-order valence-corrected chi connectivity index (χ3v) is 0.569. The van der Waals surface area contributed by atoms with E-state index in [2.05, 4.69) is 0 Å². The predicted molar refractivity (Wildman–Crippen MR) is 31.2 cm³/mol. The van der Waals surface area contributed by atoms with Gasteiger partial charge < -0.3 is 5.11 Å². The van der Waals surface area contributed by atoms with E-state index in [0.717, 1.165) is 12.7 Å². The van der Waals surface area contributed by atoms with Gasteiger partial charge in [0.05, 0.1) is 6.26 Å². The molecule has 0 saturated heterocycles. The monoisotopic (exact) mass is 98.1 g/mol. The van der Waals surface area contributed by atoms with E-state index in [9.17, 15) is 0 Å². The second-order valence-electron chi connectivity index (χ2n) is 1.18. The molecule has 0 aliphatic carbocycles. The van der Waals surface area contributed by atoms with Gasteiger partial charge >= 0.3 is 0 Å². The molecule has 0 saturated carbocycles. The molecule has 1 heteroatoms. The minimum absolute atomic E-state index is 1.02. The van der Waals surface area contributed by atoms with Crippen molar-refractivity contribution in [2.24, 2.45) is 0 Å². The van der Waals surface area contributed by atoms with Crippen molar-refractivity contribution in [3.8, 4) is 0 Å². The summed E-state index contributed by atoms with van der Waals surface area (Å²) in [5.41, 5.74) is 0. The molecule has 0 rings (SSSR count). The van der Waals surface area contributed by atoms with Gasteiger partial charge in [-0.05, 0) is 12.5 Å². The van der Waals surface area contributed by atoms with Gasteiger partial charge in [0.2, 0.25) is 0 Å². The molecule has 1 N–H and O–H groups in total. The van der Waals surface area contributed by atoms with Gasteiger partial charge in [0.1, 0.15) is 0 Å². The third-order valence-electron chi connectivity index (χ3n) is 0.569. The quantitative estimate of drug-likeness (QED) is 0.414. The second-order valence-corrected chi connectivity index (χ2v) is 1.18. The normalized spacial score (nSPS) is 11.6. The van der Waals surface area contributed by atoms with Gasteiger partial charge in [-0.15, -0.1) is 0 Å². The highest BCUT2D eigenvalue weighted by atomic mass is 16.2. The molecule has 0 aliphatic heterocycles. The van der Waals surface area contributed by atoms with Gasteiger partial charge in [-0.1, -0.05) is 19.1 Å². The first-order valence-electron chi connectivity index (χ1n) is 2.37. The van der Waals surface area contributed by atoms with Crippen molar-refractivity contribution in [2.45, 2.75) is 13.3 Å². The van der Waals surface area contributed by atoms with Crippen LogP contribution in [0.15, 0.2) is 24.5 Å². The van der Waals surface area contributed by atoms with Crippen LogP contribution in [0, 0.1) is 0 Å². The molecule has 0 fully saturated rings. The molecule has 0 radical (unpaired) electrons. The Morgan fingerprint density at radius 2 is 2.14 bits per heavy atom. The maximum absolute atomic E-state index is 8.06. The van der Waals surface area contributed by atoms with Crippen LogP contribution in [-0.2, 0) is 0 Å². The van der Waals surface area contributed by atoms with E-state index in [4.69, 9.17) is 5.11 Å². The van der Waals surface area contributed by atoms with Gasteiger partial charge in [0.25, 0.3) is 0 Å². The smallest absolute Gasteiger partial charge is 0.0791 e. The van der Waals surface area contributed by atoms with Crippen LogP contribution >= 0.6 is 0 Å². The summed E-state index contributed by atoms with van der Waals surface area (Å²) in [5.74, 6) is 0. The maximum atomic E-state index is 8.06. The molecule has 7 heavy (non-hydrogen) atoms. The molecule has 0 aromatic rings. The molecule has 0 unspecified atom stereocenters. The van der Waals surface area contributed by atoms with Crippen LogP contribution < -0.4 is 0 Å². The minimum Gasteiger partial charge on any atom is -0.516 e. The first-order valence-corrected chi connectivity index (χ1v) is 2.37. The van der Waals surface area contributed by atoms with Crippen LogP contribution in [-0.4, -0.2) is 5.11 Å². The average Bonchev–Trinajstić information content (AvgIpc) is 1.69. The Labute approximate surface area is 44.0 Å². The molecular formula is C6H10O. The van der Waals surface area contributed by atoms with Crippen molar-refractivity contribution in [3.63, 3.8) is 0 Å². The van der Waals surface area contributed by atoms with Gasteiger partial charge in [-0.2, -0.15) is 0 Å². The molecule has 0 aromatic heterocycles. The molecule has 40 valence electrons. The Bertz CT molecular complexity index is 72.2. The van der Waals surface area contributed by atoms with Gasteiger partial charge in [-0.3, -0.25) is 0 Å². The van der Waals surface area contributed by atoms with E-state index in [0.29, 0.717) is 0 Å². The zero-order valence-electron chi connectivity index (χ0n) is 4.46. The van der Waals surface area contributed by atoms with Crippen LogP contribution in [0.5, 0.6) is 0 Å². The number of aliphatic hydroxyl groups is 1. The molecule has 0 heterocycles. The Balaban J connectivity index is 3.09. The number of allylic oxidation sites excluding steroid dienone is 3. The SMILES string of the molecule is CC/C=C/C=C\O. The van der Waals surface area contributed by atoms with E-state index in [1.165, 1.54) is 0 Å². The lowest BCUT2D eigenvalue weighted by Crippen LogP contribution is -1.50. The van der Waals surface area contributed by atoms with Crippen molar-refractivity contribution >= 4 is 0 Å². The van der Waals surface area contributed by atoms with Gasteiger partial charge in [-0.25, -0.2) is 0 Å². The molecule has 0 amide bonds. The van der Waals surface area contributed by atoms with E-state index in [1.807, 2.05) is 13.0 Å². The van der Waals surface area contributed by atoms with E-state index in [1.54, 1.807) is 12.2 Å². The van der Waals surface area contributed by atoms with Crippen LogP contribution in [0.25, 0.3) is 0 Å². The number of aliphatic hydroxyl groups excluding tert-OH is 1. The van der Waals surface area contributed by atoms with Gasteiger partial charge in [0.15, 0.2) is 0 Å². The summed E-state index contributed by atoms with van der Waals surface area (Å²) in [4.78, 5) is 0. The Morgan fingerprint density at radius 3 is 2.57 bits per heavy atom.